The number of hydrogen-bond acceptors (Lipinski definition) is 4. The molecule has 1 saturated carbocycles. The Hall–Kier alpha value is -0.700. The van der Waals surface area contributed by atoms with Crippen molar-refractivity contribution < 1.29 is 23.4 Å². The molecule has 1 aliphatic carbocycles. The number of aliphatic carboxylic acids is 1. The minimum atomic E-state index is -3.60. The van der Waals surface area contributed by atoms with Crippen LogP contribution >= 0.6 is 0 Å². The first-order valence-electron chi connectivity index (χ1n) is 6.56. The summed E-state index contributed by atoms with van der Waals surface area (Å²) in [6, 6.07) is 0. The average Bonchev–Trinajstić information content (AvgIpc) is 3.20. The zero-order chi connectivity index (χ0) is 14.0. The van der Waals surface area contributed by atoms with Gasteiger partial charge in [0.2, 0.25) is 0 Å². The second kappa shape index (κ2) is 5.74. The summed E-state index contributed by atoms with van der Waals surface area (Å²) in [6.45, 7) is 0.462. The van der Waals surface area contributed by atoms with Gasteiger partial charge in [-0.1, -0.05) is 0 Å². The zero-order valence-corrected chi connectivity index (χ0v) is 11.5. The molecule has 0 amide bonds. The van der Waals surface area contributed by atoms with E-state index in [2.05, 4.69) is 4.72 Å². The van der Waals surface area contributed by atoms with Crippen LogP contribution in [0.15, 0.2) is 0 Å². The van der Waals surface area contributed by atoms with Crippen LogP contribution in [0.5, 0.6) is 0 Å². The molecular formula is C11H20N2O5S. The Morgan fingerprint density at radius 2 is 1.84 bits per heavy atom. The molecule has 1 saturated heterocycles. The van der Waals surface area contributed by atoms with Crippen LogP contribution in [-0.4, -0.2) is 54.6 Å². The Kier molecular flexibility index (Phi) is 4.44. The van der Waals surface area contributed by atoms with E-state index in [0.717, 1.165) is 12.8 Å². The van der Waals surface area contributed by atoms with Crippen LogP contribution in [0.2, 0.25) is 0 Å². The number of rotatable bonds is 6. The average molecular weight is 292 g/mol. The number of hydrogen-bond donors (Lipinski definition) is 3. The SMILES string of the molecule is O=C(O)C1CCN(S(=O)(=O)NCC(O)C2CC2)CC1. The molecule has 1 heterocycles. The molecular weight excluding hydrogens is 272 g/mol. The number of nitrogens with zero attached hydrogens (tertiary/aromatic N) is 1. The van der Waals surface area contributed by atoms with Gasteiger partial charge in [0.25, 0.3) is 10.2 Å². The van der Waals surface area contributed by atoms with Crippen LogP contribution in [-0.2, 0) is 15.0 Å². The lowest BCUT2D eigenvalue weighted by Crippen LogP contribution is -2.47. The quantitative estimate of drug-likeness (QED) is 0.605. The first kappa shape index (κ1) is 14.7. The fraction of sp³-hybridized carbons (Fsp3) is 0.909. The molecule has 1 unspecified atom stereocenters. The summed E-state index contributed by atoms with van der Waals surface area (Å²) in [5.41, 5.74) is 0. The Morgan fingerprint density at radius 1 is 1.26 bits per heavy atom. The van der Waals surface area contributed by atoms with E-state index >= 15 is 0 Å². The van der Waals surface area contributed by atoms with E-state index in [1.807, 2.05) is 0 Å². The van der Waals surface area contributed by atoms with Gasteiger partial charge in [0.1, 0.15) is 0 Å². The third-order valence-electron chi connectivity index (χ3n) is 3.78. The molecule has 0 spiro atoms. The van der Waals surface area contributed by atoms with Gasteiger partial charge in [-0.05, 0) is 31.6 Å². The van der Waals surface area contributed by atoms with Crippen LogP contribution in [0.1, 0.15) is 25.7 Å². The molecule has 8 heteroatoms. The first-order valence-corrected chi connectivity index (χ1v) is 8.00. The smallest absolute Gasteiger partial charge is 0.306 e. The standard InChI is InChI=1S/C11H20N2O5S/c14-10(8-1-2-8)7-12-19(17,18)13-5-3-9(4-6-13)11(15)16/h8-10,12,14H,1-7H2,(H,15,16). The molecule has 2 rings (SSSR count). The lowest BCUT2D eigenvalue weighted by molar-refractivity contribution is -0.142. The van der Waals surface area contributed by atoms with E-state index in [4.69, 9.17) is 5.11 Å². The van der Waals surface area contributed by atoms with Crippen molar-refractivity contribution in [2.45, 2.75) is 31.8 Å². The Balaban J connectivity index is 1.81. The van der Waals surface area contributed by atoms with Gasteiger partial charge < -0.3 is 10.2 Å². The Labute approximate surface area is 112 Å². The monoisotopic (exact) mass is 292 g/mol. The van der Waals surface area contributed by atoms with E-state index in [1.54, 1.807) is 0 Å². The lowest BCUT2D eigenvalue weighted by atomic mass is 9.99. The normalized spacial score (nSPS) is 24.3. The number of aliphatic hydroxyl groups excluding tert-OH is 1. The van der Waals surface area contributed by atoms with E-state index in [0.29, 0.717) is 12.8 Å². The summed E-state index contributed by atoms with van der Waals surface area (Å²) in [5, 5.41) is 18.5. The molecule has 1 aliphatic heterocycles. The van der Waals surface area contributed by atoms with Crippen LogP contribution in [0.4, 0.5) is 0 Å². The molecule has 2 aliphatic rings. The van der Waals surface area contributed by atoms with E-state index in [9.17, 15) is 18.3 Å². The lowest BCUT2D eigenvalue weighted by Gasteiger charge is -2.29. The molecule has 1 atom stereocenters. The van der Waals surface area contributed by atoms with Crippen molar-refractivity contribution in [3.05, 3.63) is 0 Å². The highest BCUT2D eigenvalue weighted by atomic mass is 32.2. The van der Waals surface area contributed by atoms with E-state index < -0.39 is 28.2 Å². The number of piperidine rings is 1. The minimum Gasteiger partial charge on any atom is -0.481 e. The number of carbonyl (C=O) groups is 1. The Morgan fingerprint density at radius 3 is 2.32 bits per heavy atom. The summed E-state index contributed by atoms with van der Waals surface area (Å²) in [6.07, 6.45) is 1.95. The van der Waals surface area contributed by atoms with Crippen LogP contribution in [0, 0.1) is 11.8 Å². The highest BCUT2D eigenvalue weighted by molar-refractivity contribution is 7.87. The molecule has 0 aromatic carbocycles. The number of aliphatic hydroxyl groups is 1. The third kappa shape index (κ3) is 3.88. The van der Waals surface area contributed by atoms with Gasteiger partial charge in [-0.2, -0.15) is 17.4 Å². The minimum absolute atomic E-state index is 0.0336. The van der Waals surface area contributed by atoms with Crippen LogP contribution in [0.25, 0.3) is 0 Å². The predicted octanol–water partition coefficient (Wildman–Crippen LogP) is -0.612. The van der Waals surface area contributed by atoms with Crippen LogP contribution < -0.4 is 4.72 Å². The summed E-state index contributed by atoms with van der Waals surface area (Å²) < 4.78 is 27.6. The topological polar surface area (TPSA) is 107 Å². The van der Waals surface area contributed by atoms with Gasteiger partial charge >= 0.3 is 5.97 Å². The summed E-state index contributed by atoms with van der Waals surface area (Å²) in [5.74, 6) is -1.10. The van der Waals surface area contributed by atoms with Gasteiger partial charge in [-0.25, -0.2) is 0 Å². The van der Waals surface area contributed by atoms with Crippen molar-refractivity contribution in [3.8, 4) is 0 Å². The maximum absolute atomic E-state index is 12.0. The predicted molar refractivity (Wildman–Crippen MR) is 67.6 cm³/mol. The van der Waals surface area contributed by atoms with Crippen LogP contribution in [0.3, 0.4) is 0 Å². The van der Waals surface area contributed by atoms with Crippen molar-refractivity contribution in [3.63, 3.8) is 0 Å². The Bertz CT molecular complexity index is 426. The van der Waals surface area contributed by atoms with Gasteiger partial charge in [0.05, 0.1) is 12.0 Å². The van der Waals surface area contributed by atoms with E-state index in [-0.39, 0.29) is 25.6 Å². The fourth-order valence-electron chi connectivity index (χ4n) is 2.27. The maximum atomic E-state index is 12.0. The van der Waals surface area contributed by atoms with Crippen molar-refractivity contribution in [2.75, 3.05) is 19.6 Å². The second-order valence-electron chi connectivity index (χ2n) is 5.27. The molecule has 0 radical (unpaired) electrons. The van der Waals surface area contributed by atoms with Crippen molar-refractivity contribution in [1.82, 2.24) is 9.03 Å². The molecule has 2 fully saturated rings. The van der Waals surface area contributed by atoms with Gasteiger partial charge in [-0.3, -0.25) is 4.79 Å². The summed E-state index contributed by atoms with van der Waals surface area (Å²) in [7, 11) is -3.60. The van der Waals surface area contributed by atoms with E-state index in [1.165, 1.54) is 4.31 Å². The van der Waals surface area contributed by atoms with Gasteiger partial charge in [0, 0.05) is 19.6 Å². The van der Waals surface area contributed by atoms with Gasteiger partial charge in [-0.15, -0.1) is 0 Å². The number of nitrogens with one attached hydrogen (secondary N) is 1. The highest BCUT2D eigenvalue weighted by Gasteiger charge is 2.33. The zero-order valence-electron chi connectivity index (χ0n) is 10.7. The summed E-state index contributed by atoms with van der Waals surface area (Å²) in [4.78, 5) is 10.8. The largest absolute Gasteiger partial charge is 0.481 e. The molecule has 19 heavy (non-hydrogen) atoms. The van der Waals surface area contributed by atoms with Crippen molar-refractivity contribution in [2.24, 2.45) is 11.8 Å². The number of carboxylic acid groups (broad SMARTS) is 1. The number of carboxylic acids is 1. The highest BCUT2D eigenvalue weighted by Crippen LogP contribution is 2.32. The molecule has 0 bridgehead atoms. The third-order valence-corrected chi connectivity index (χ3v) is 5.36. The molecule has 110 valence electrons. The first-order chi connectivity index (χ1) is 8.90. The van der Waals surface area contributed by atoms with Gasteiger partial charge in [0.15, 0.2) is 0 Å². The maximum Gasteiger partial charge on any atom is 0.306 e. The fourth-order valence-corrected chi connectivity index (χ4v) is 3.53. The summed E-state index contributed by atoms with van der Waals surface area (Å²) >= 11 is 0. The molecule has 7 nitrogen and oxygen atoms in total. The second-order valence-corrected chi connectivity index (χ2v) is 7.03. The molecule has 0 aromatic heterocycles. The van der Waals surface area contributed by atoms with Crippen molar-refractivity contribution in [1.29, 1.82) is 0 Å². The molecule has 3 N–H and O–H groups in total. The van der Waals surface area contributed by atoms with Crippen molar-refractivity contribution >= 4 is 16.2 Å². The molecule has 0 aromatic rings.